The second-order valence-corrected chi connectivity index (χ2v) is 4.22. The van der Waals surface area contributed by atoms with Crippen LogP contribution in [0.3, 0.4) is 0 Å². The second kappa shape index (κ2) is 5.08. The average Bonchev–Trinajstić information content (AvgIpc) is 2.44. The van der Waals surface area contributed by atoms with E-state index in [0.29, 0.717) is 0 Å². The molecule has 0 radical (unpaired) electrons. The zero-order chi connectivity index (χ0) is 13.1. The van der Waals surface area contributed by atoms with E-state index < -0.39 is 0 Å². The van der Waals surface area contributed by atoms with Crippen LogP contribution in [0.25, 0.3) is 10.8 Å². The van der Waals surface area contributed by atoms with E-state index in [1.165, 1.54) is 7.11 Å². The number of rotatable bonds is 3. The number of hydrogen-bond acceptors (Lipinski definition) is 3. The summed E-state index contributed by atoms with van der Waals surface area (Å²) in [4.78, 5) is 11.5. The molecule has 0 heterocycles. The molecule has 0 saturated carbocycles. The Morgan fingerprint density at radius 1 is 1.17 bits per heavy atom. The number of benzene rings is 2. The van der Waals surface area contributed by atoms with E-state index in [1.54, 1.807) is 7.11 Å². The monoisotopic (exact) mass is 246 g/mol. The van der Waals surface area contributed by atoms with Crippen LogP contribution in [0.4, 0.5) is 0 Å². The Labute approximate surface area is 106 Å². The summed E-state index contributed by atoms with van der Waals surface area (Å²) in [5, 5.41) is 2.18. The molecule has 0 spiro atoms. The van der Waals surface area contributed by atoms with E-state index in [0.717, 1.165) is 22.1 Å². The number of carbonyl (C=O) groups is 1. The smallest absolute Gasteiger partial charge is 0.312 e. The SMILES string of the molecule is COc1ccc2cc([C@H](C)C(=O)O[14CH3])ccc2c1. The lowest BCUT2D eigenvalue weighted by molar-refractivity contribution is -0.141. The zero-order valence-electron chi connectivity index (χ0n) is 10.8. The minimum Gasteiger partial charge on any atom is -0.497 e. The number of esters is 1. The molecule has 0 bridgehead atoms. The molecule has 18 heavy (non-hydrogen) atoms. The maximum Gasteiger partial charge on any atom is 0.312 e. The van der Waals surface area contributed by atoms with Crippen LogP contribution in [0.5, 0.6) is 5.75 Å². The van der Waals surface area contributed by atoms with Crippen molar-refractivity contribution in [3.63, 3.8) is 0 Å². The fourth-order valence-electron chi connectivity index (χ4n) is 1.95. The van der Waals surface area contributed by atoms with Gasteiger partial charge in [-0.2, -0.15) is 0 Å². The third-order valence-electron chi connectivity index (χ3n) is 3.13. The molecule has 3 nitrogen and oxygen atoms in total. The van der Waals surface area contributed by atoms with Crippen molar-refractivity contribution in [1.29, 1.82) is 0 Å². The van der Waals surface area contributed by atoms with Gasteiger partial charge in [0.05, 0.1) is 20.1 Å². The van der Waals surface area contributed by atoms with Gasteiger partial charge in [-0.3, -0.25) is 4.79 Å². The van der Waals surface area contributed by atoms with Crippen LogP contribution in [-0.4, -0.2) is 20.2 Å². The number of carbonyl (C=O) groups excluding carboxylic acids is 1. The number of ether oxygens (including phenoxy) is 2. The largest absolute Gasteiger partial charge is 0.497 e. The Kier molecular flexibility index (Phi) is 3.51. The van der Waals surface area contributed by atoms with Crippen molar-refractivity contribution in [2.75, 3.05) is 14.2 Å². The number of methoxy groups -OCH3 is 2. The summed E-state index contributed by atoms with van der Waals surface area (Å²) in [6.07, 6.45) is 0. The first-order chi connectivity index (χ1) is 8.65. The van der Waals surface area contributed by atoms with Crippen molar-refractivity contribution < 1.29 is 14.3 Å². The molecule has 0 aliphatic carbocycles. The highest BCUT2D eigenvalue weighted by Crippen LogP contribution is 2.25. The van der Waals surface area contributed by atoms with E-state index in [1.807, 2.05) is 43.3 Å². The Bertz CT molecular complexity index is 575. The van der Waals surface area contributed by atoms with Gasteiger partial charge in [-0.25, -0.2) is 0 Å². The summed E-state index contributed by atoms with van der Waals surface area (Å²) in [5.74, 6) is 0.362. The highest BCUT2D eigenvalue weighted by atomic mass is 16.7. The van der Waals surface area contributed by atoms with Crippen LogP contribution in [0.1, 0.15) is 18.4 Å². The van der Waals surface area contributed by atoms with Gasteiger partial charge in [0, 0.05) is 0 Å². The predicted molar refractivity (Wildman–Crippen MR) is 70.9 cm³/mol. The molecule has 0 amide bonds. The first-order valence-electron chi connectivity index (χ1n) is 5.81. The summed E-state index contributed by atoms with van der Waals surface area (Å²) in [7, 11) is 3.06. The number of hydrogen-bond donors (Lipinski definition) is 0. The normalized spacial score (nSPS) is 12.2. The molecular formula is C15H16O3. The van der Waals surface area contributed by atoms with E-state index in [4.69, 9.17) is 9.47 Å². The van der Waals surface area contributed by atoms with Crippen LogP contribution < -0.4 is 4.74 Å². The summed E-state index contributed by atoms with van der Waals surface area (Å²) in [6.45, 7) is 1.84. The lowest BCUT2D eigenvalue weighted by Gasteiger charge is -2.10. The average molecular weight is 246 g/mol. The van der Waals surface area contributed by atoms with Crippen LogP contribution in [0, 0.1) is 0 Å². The predicted octanol–water partition coefficient (Wildman–Crippen LogP) is 3.12. The summed E-state index contributed by atoms with van der Waals surface area (Å²) >= 11 is 0. The van der Waals surface area contributed by atoms with Gasteiger partial charge < -0.3 is 9.47 Å². The van der Waals surface area contributed by atoms with Crippen LogP contribution in [-0.2, 0) is 9.53 Å². The molecule has 0 aromatic heterocycles. The first-order valence-corrected chi connectivity index (χ1v) is 5.81. The summed E-state index contributed by atoms with van der Waals surface area (Å²) in [6, 6.07) is 11.8. The molecule has 0 saturated heterocycles. The van der Waals surface area contributed by atoms with E-state index in [9.17, 15) is 4.79 Å². The molecule has 1 atom stereocenters. The van der Waals surface area contributed by atoms with Gasteiger partial charge in [0.25, 0.3) is 0 Å². The Balaban J connectivity index is 2.42. The standard InChI is InChI=1S/C15H16O3/c1-10(15(16)18-3)11-4-5-13-9-14(17-2)7-6-12(13)8-11/h4-10H,1-3H3/t10-/m0/s1/i3+2. The maximum absolute atomic E-state index is 11.5. The molecule has 0 unspecified atom stereocenters. The van der Waals surface area contributed by atoms with Gasteiger partial charge in [-0.1, -0.05) is 24.3 Å². The van der Waals surface area contributed by atoms with E-state index in [-0.39, 0.29) is 11.9 Å². The fraction of sp³-hybridized carbons (Fsp3) is 0.267. The molecule has 0 aliphatic rings. The Hall–Kier alpha value is -2.03. The van der Waals surface area contributed by atoms with Crippen molar-refractivity contribution in [3.05, 3.63) is 42.0 Å². The molecule has 0 N–H and O–H groups in total. The lowest BCUT2D eigenvalue weighted by atomic mass is 9.98. The first kappa shape index (κ1) is 12.4. The molecule has 0 aliphatic heterocycles. The van der Waals surface area contributed by atoms with Crippen molar-refractivity contribution in [1.82, 2.24) is 0 Å². The summed E-state index contributed by atoms with van der Waals surface area (Å²) in [5.41, 5.74) is 0.958. The van der Waals surface area contributed by atoms with Gasteiger partial charge in [0.1, 0.15) is 5.75 Å². The molecular weight excluding hydrogens is 230 g/mol. The Morgan fingerprint density at radius 2 is 1.83 bits per heavy atom. The van der Waals surface area contributed by atoms with Gasteiger partial charge in [-0.05, 0) is 35.4 Å². The number of fused-ring (bicyclic) bond motifs is 1. The second-order valence-electron chi connectivity index (χ2n) is 4.22. The van der Waals surface area contributed by atoms with Gasteiger partial charge in [0.15, 0.2) is 0 Å². The minimum absolute atomic E-state index is 0.220. The summed E-state index contributed by atoms with van der Waals surface area (Å²) < 4.78 is 9.94. The van der Waals surface area contributed by atoms with Crippen molar-refractivity contribution in [2.24, 2.45) is 0 Å². The van der Waals surface area contributed by atoms with Gasteiger partial charge in [-0.15, -0.1) is 0 Å². The molecule has 2 aromatic carbocycles. The van der Waals surface area contributed by atoms with Crippen molar-refractivity contribution in [2.45, 2.75) is 12.8 Å². The van der Waals surface area contributed by atoms with Gasteiger partial charge in [0.2, 0.25) is 0 Å². The third kappa shape index (κ3) is 2.30. The highest BCUT2D eigenvalue weighted by Gasteiger charge is 2.15. The van der Waals surface area contributed by atoms with Crippen LogP contribution >= 0.6 is 0 Å². The van der Waals surface area contributed by atoms with Gasteiger partial charge >= 0.3 is 5.97 Å². The molecule has 2 aromatic rings. The molecule has 3 heteroatoms. The van der Waals surface area contributed by atoms with E-state index >= 15 is 0 Å². The Morgan fingerprint density at radius 3 is 2.50 bits per heavy atom. The topological polar surface area (TPSA) is 35.5 Å². The zero-order valence-corrected chi connectivity index (χ0v) is 10.8. The highest BCUT2D eigenvalue weighted by molar-refractivity contribution is 5.86. The lowest BCUT2D eigenvalue weighted by Crippen LogP contribution is -2.10. The van der Waals surface area contributed by atoms with E-state index in [2.05, 4.69) is 0 Å². The maximum atomic E-state index is 11.5. The molecule has 2 rings (SSSR count). The van der Waals surface area contributed by atoms with Crippen molar-refractivity contribution in [3.8, 4) is 5.75 Å². The third-order valence-corrected chi connectivity index (χ3v) is 3.13. The quantitative estimate of drug-likeness (QED) is 0.780. The minimum atomic E-state index is -0.249. The van der Waals surface area contributed by atoms with Crippen LogP contribution in [0.2, 0.25) is 0 Å². The fourth-order valence-corrected chi connectivity index (χ4v) is 1.95. The van der Waals surface area contributed by atoms with Crippen molar-refractivity contribution >= 4 is 16.7 Å². The molecule has 94 valence electrons. The molecule has 0 fully saturated rings. The van der Waals surface area contributed by atoms with Crippen LogP contribution in [0.15, 0.2) is 36.4 Å².